The van der Waals surface area contributed by atoms with Crippen LogP contribution in [-0.2, 0) is 0 Å². The first kappa shape index (κ1) is 14.9. The van der Waals surface area contributed by atoms with Crippen LogP contribution in [0.1, 0.15) is 47.0 Å². The topological polar surface area (TPSA) is 53.7 Å². The SMILES string of the molecule is Cc1ccoc1C(=O)N1CCCC1CC(O)c1ccccc1. The number of carbonyl (C=O) groups excluding carboxylic acids is 1. The van der Waals surface area contributed by atoms with Gasteiger partial charge in [0.25, 0.3) is 5.91 Å². The average molecular weight is 299 g/mol. The van der Waals surface area contributed by atoms with Gasteiger partial charge in [0, 0.05) is 18.2 Å². The summed E-state index contributed by atoms with van der Waals surface area (Å²) in [5.74, 6) is 0.353. The number of nitrogens with zero attached hydrogens (tertiary/aromatic N) is 1. The summed E-state index contributed by atoms with van der Waals surface area (Å²) in [5.41, 5.74) is 1.76. The molecule has 0 spiro atoms. The van der Waals surface area contributed by atoms with Gasteiger partial charge >= 0.3 is 0 Å². The summed E-state index contributed by atoms with van der Waals surface area (Å²) < 4.78 is 5.32. The summed E-state index contributed by atoms with van der Waals surface area (Å²) in [7, 11) is 0. The van der Waals surface area contributed by atoms with E-state index in [1.807, 2.05) is 42.2 Å². The smallest absolute Gasteiger partial charge is 0.290 e. The molecule has 1 aromatic carbocycles. The van der Waals surface area contributed by atoms with Crippen LogP contribution in [0.5, 0.6) is 0 Å². The molecule has 0 saturated carbocycles. The van der Waals surface area contributed by atoms with Crippen molar-refractivity contribution in [3.8, 4) is 0 Å². The van der Waals surface area contributed by atoms with Gasteiger partial charge < -0.3 is 14.4 Å². The van der Waals surface area contributed by atoms with E-state index in [0.29, 0.717) is 12.2 Å². The van der Waals surface area contributed by atoms with E-state index < -0.39 is 6.10 Å². The summed E-state index contributed by atoms with van der Waals surface area (Å²) in [6, 6.07) is 11.5. The molecule has 0 radical (unpaired) electrons. The molecular formula is C18H21NO3. The van der Waals surface area contributed by atoms with Gasteiger partial charge in [-0.25, -0.2) is 0 Å². The zero-order valence-corrected chi connectivity index (χ0v) is 12.7. The molecule has 1 aliphatic rings. The van der Waals surface area contributed by atoms with Gasteiger partial charge in [-0.05, 0) is 37.8 Å². The van der Waals surface area contributed by atoms with Gasteiger partial charge in [-0.1, -0.05) is 30.3 Å². The second-order valence-corrected chi connectivity index (χ2v) is 5.89. The van der Waals surface area contributed by atoms with Gasteiger partial charge in [0.05, 0.1) is 12.4 Å². The molecule has 2 unspecified atom stereocenters. The first-order valence-corrected chi connectivity index (χ1v) is 7.75. The van der Waals surface area contributed by atoms with E-state index in [1.165, 1.54) is 0 Å². The second-order valence-electron chi connectivity index (χ2n) is 5.89. The van der Waals surface area contributed by atoms with Gasteiger partial charge in [0.2, 0.25) is 0 Å². The summed E-state index contributed by atoms with van der Waals surface area (Å²) in [6.07, 6.45) is 3.46. The largest absolute Gasteiger partial charge is 0.459 e. The molecule has 116 valence electrons. The number of hydrogen-bond donors (Lipinski definition) is 1. The Hall–Kier alpha value is -2.07. The lowest BCUT2D eigenvalue weighted by Crippen LogP contribution is -2.36. The number of likely N-dealkylation sites (tertiary alicyclic amines) is 1. The summed E-state index contributed by atoms with van der Waals surface area (Å²) in [4.78, 5) is 14.5. The summed E-state index contributed by atoms with van der Waals surface area (Å²) in [6.45, 7) is 2.60. The second kappa shape index (κ2) is 6.36. The lowest BCUT2D eigenvalue weighted by molar-refractivity contribution is 0.0635. The first-order valence-electron chi connectivity index (χ1n) is 7.75. The fourth-order valence-corrected chi connectivity index (χ4v) is 3.14. The Morgan fingerprint density at radius 1 is 1.36 bits per heavy atom. The maximum atomic E-state index is 12.6. The molecular weight excluding hydrogens is 278 g/mol. The fourth-order valence-electron chi connectivity index (χ4n) is 3.14. The van der Waals surface area contributed by atoms with E-state index in [9.17, 15) is 9.90 Å². The number of rotatable bonds is 4. The number of carbonyl (C=O) groups is 1. The number of aryl methyl sites for hydroxylation is 1. The monoisotopic (exact) mass is 299 g/mol. The molecule has 1 aromatic heterocycles. The maximum Gasteiger partial charge on any atom is 0.290 e. The number of aliphatic hydroxyl groups excluding tert-OH is 1. The highest BCUT2D eigenvalue weighted by Gasteiger charge is 2.33. The van der Waals surface area contributed by atoms with Crippen molar-refractivity contribution in [3.05, 3.63) is 59.5 Å². The highest BCUT2D eigenvalue weighted by molar-refractivity contribution is 5.93. The van der Waals surface area contributed by atoms with Crippen LogP contribution >= 0.6 is 0 Å². The standard InChI is InChI=1S/C18H21NO3/c1-13-9-11-22-17(13)18(21)19-10-5-8-15(19)12-16(20)14-6-3-2-4-7-14/h2-4,6-7,9,11,15-16,20H,5,8,10,12H2,1H3. The first-order chi connectivity index (χ1) is 10.7. The molecule has 1 saturated heterocycles. The van der Waals surface area contributed by atoms with Crippen molar-refractivity contribution >= 4 is 5.91 Å². The Morgan fingerprint density at radius 3 is 2.82 bits per heavy atom. The van der Waals surface area contributed by atoms with Crippen LogP contribution < -0.4 is 0 Å². The lowest BCUT2D eigenvalue weighted by Gasteiger charge is -2.26. The Bertz CT molecular complexity index is 635. The van der Waals surface area contributed by atoms with Crippen molar-refractivity contribution < 1.29 is 14.3 Å². The zero-order valence-electron chi connectivity index (χ0n) is 12.7. The number of aliphatic hydroxyl groups is 1. The minimum Gasteiger partial charge on any atom is -0.459 e. The molecule has 0 bridgehead atoms. The van der Waals surface area contributed by atoms with Crippen LogP contribution in [0, 0.1) is 6.92 Å². The van der Waals surface area contributed by atoms with Gasteiger partial charge in [0.15, 0.2) is 5.76 Å². The Morgan fingerprint density at radius 2 is 2.14 bits per heavy atom. The Kier molecular flexibility index (Phi) is 4.29. The van der Waals surface area contributed by atoms with E-state index in [-0.39, 0.29) is 11.9 Å². The minimum absolute atomic E-state index is 0.0622. The van der Waals surface area contributed by atoms with Crippen LogP contribution in [0.4, 0.5) is 0 Å². The van der Waals surface area contributed by atoms with Crippen molar-refractivity contribution in [3.63, 3.8) is 0 Å². The number of hydrogen-bond acceptors (Lipinski definition) is 3. The molecule has 22 heavy (non-hydrogen) atoms. The van der Waals surface area contributed by atoms with Crippen LogP contribution in [0.15, 0.2) is 47.1 Å². The number of benzene rings is 1. The third-order valence-corrected chi connectivity index (χ3v) is 4.37. The van der Waals surface area contributed by atoms with E-state index in [4.69, 9.17) is 4.42 Å². The van der Waals surface area contributed by atoms with Crippen LogP contribution in [0.2, 0.25) is 0 Å². The molecule has 1 amide bonds. The molecule has 0 aliphatic carbocycles. The Labute approximate surface area is 130 Å². The molecule has 4 nitrogen and oxygen atoms in total. The molecule has 4 heteroatoms. The molecule has 1 N–H and O–H groups in total. The molecule has 1 fully saturated rings. The predicted molar refractivity (Wildman–Crippen MR) is 83.5 cm³/mol. The molecule has 3 rings (SSSR count). The third-order valence-electron chi connectivity index (χ3n) is 4.37. The van der Waals surface area contributed by atoms with Crippen molar-refractivity contribution in [1.82, 2.24) is 4.90 Å². The van der Waals surface area contributed by atoms with Gasteiger partial charge in [-0.15, -0.1) is 0 Å². The average Bonchev–Trinajstić information content (AvgIpc) is 3.16. The van der Waals surface area contributed by atoms with E-state index in [0.717, 1.165) is 30.5 Å². The summed E-state index contributed by atoms with van der Waals surface area (Å²) >= 11 is 0. The van der Waals surface area contributed by atoms with Crippen molar-refractivity contribution in [2.24, 2.45) is 0 Å². The minimum atomic E-state index is -0.544. The van der Waals surface area contributed by atoms with Crippen molar-refractivity contribution in [2.75, 3.05) is 6.54 Å². The lowest BCUT2D eigenvalue weighted by atomic mass is 10.0. The van der Waals surface area contributed by atoms with Gasteiger partial charge in [-0.2, -0.15) is 0 Å². The fraction of sp³-hybridized carbons (Fsp3) is 0.389. The van der Waals surface area contributed by atoms with Crippen LogP contribution in [0.25, 0.3) is 0 Å². The molecule has 2 atom stereocenters. The number of amides is 1. The van der Waals surface area contributed by atoms with Gasteiger partial charge in [-0.3, -0.25) is 4.79 Å². The molecule has 1 aliphatic heterocycles. The van der Waals surface area contributed by atoms with Gasteiger partial charge in [0.1, 0.15) is 0 Å². The van der Waals surface area contributed by atoms with E-state index in [2.05, 4.69) is 0 Å². The van der Waals surface area contributed by atoms with Crippen LogP contribution in [0.3, 0.4) is 0 Å². The maximum absolute atomic E-state index is 12.6. The van der Waals surface area contributed by atoms with Crippen molar-refractivity contribution in [2.45, 2.75) is 38.3 Å². The quantitative estimate of drug-likeness (QED) is 0.942. The van der Waals surface area contributed by atoms with Crippen molar-refractivity contribution in [1.29, 1.82) is 0 Å². The molecule has 2 heterocycles. The Balaban J connectivity index is 1.71. The molecule has 2 aromatic rings. The van der Waals surface area contributed by atoms with Crippen LogP contribution in [-0.4, -0.2) is 28.5 Å². The summed E-state index contributed by atoms with van der Waals surface area (Å²) in [5, 5.41) is 10.4. The normalized spacial score (nSPS) is 19.4. The zero-order chi connectivity index (χ0) is 15.5. The van der Waals surface area contributed by atoms with E-state index >= 15 is 0 Å². The third kappa shape index (κ3) is 2.92. The predicted octanol–water partition coefficient (Wildman–Crippen LogP) is 3.32. The van der Waals surface area contributed by atoms with E-state index in [1.54, 1.807) is 12.3 Å². The highest BCUT2D eigenvalue weighted by Crippen LogP contribution is 2.29. The highest BCUT2D eigenvalue weighted by atomic mass is 16.3. The number of furan rings is 1.